The second kappa shape index (κ2) is 11.0. The molecule has 29 heavy (non-hydrogen) atoms. The van der Waals surface area contributed by atoms with Crippen molar-refractivity contribution in [3.8, 4) is 5.75 Å². The summed E-state index contributed by atoms with van der Waals surface area (Å²) in [5.74, 6) is -0.210. The van der Waals surface area contributed by atoms with Gasteiger partial charge in [-0.2, -0.15) is 0 Å². The lowest BCUT2D eigenvalue weighted by Crippen LogP contribution is -2.47. The Labute approximate surface area is 176 Å². The molecule has 0 radical (unpaired) electrons. The third-order valence-electron chi connectivity index (χ3n) is 4.36. The molecule has 3 amide bonds. The number of hydrogen-bond donors (Lipinski definition) is 2. The Kier molecular flexibility index (Phi) is 8.72. The predicted octanol–water partition coefficient (Wildman–Crippen LogP) is 1.14. The van der Waals surface area contributed by atoms with Gasteiger partial charge in [-0.15, -0.1) is 0 Å². The number of hydrogen-bond acceptors (Lipinski definition) is 5. The summed E-state index contributed by atoms with van der Waals surface area (Å²) in [6.07, 6.45) is 1.34. The lowest BCUT2D eigenvalue weighted by Gasteiger charge is -2.25. The van der Waals surface area contributed by atoms with Crippen LogP contribution in [0.5, 0.6) is 5.75 Å². The standard InChI is InChI=1S/C20H29ClN4O4/c1-14-13-29-17-7-6-15(21)10-16(17)20(28)22-8-4-5-9-25(11-18(26)23-14)19(27)12-24(2)3/h6-7,10,14H,4-5,8-9,11-13H2,1-3H3,(H,22,28)(H,23,26)/t14-/m1/s1. The number of carbonyl (C=O) groups is 3. The van der Waals surface area contributed by atoms with E-state index in [-0.39, 0.29) is 43.5 Å². The van der Waals surface area contributed by atoms with Gasteiger partial charge >= 0.3 is 0 Å². The summed E-state index contributed by atoms with van der Waals surface area (Å²) < 4.78 is 5.76. The van der Waals surface area contributed by atoms with E-state index >= 15 is 0 Å². The lowest BCUT2D eigenvalue weighted by molar-refractivity contribution is -0.136. The van der Waals surface area contributed by atoms with Gasteiger partial charge in [-0.3, -0.25) is 14.4 Å². The highest BCUT2D eigenvalue weighted by atomic mass is 35.5. The van der Waals surface area contributed by atoms with Gasteiger partial charge in [0, 0.05) is 18.1 Å². The van der Waals surface area contributed by atoms with E-state index in [1.165, 1.54) is 0 Å². The van der Waals surface area contributed by atoms with Crippen LogP contribution in [0.25, 0.3) is 0 Å². The van der Waals surface area contributed by atoms with E-state index in [1.807, 2.05) is 14.1 Å². The third-order valence-corrected chi connectivity index (χ3v) is 4.60. The summed E-state index contributed by atoms with van der Waals surface area (Å²) >= 11 is 6.03. The lowest BCUT2D eigenvalue weighted by atomic mass is 10.2. The number of likely N-dealkylation sites (N-methyl/N-ethyl adjacent to an activating group) is 1. The molecule has 0 saturated heterocycles. The first-order chi connectivity index (χ1) is 13.8. The van der Waals surface area contributed by atoms with Crippen molar-refractivity contribution in [2.24, 2.45) is 0 Å². The number of amides is 3. The topological polar surface area (TPSA) is 91.0 Å². The molecular formula is C20H29ClN4O4. The van der Waals surface area contributed by atoms with Gasteiger partial charge in [0.25, 0.3) is 5.91 Å². The smallest absolute Gasteiger partial charge is 0.255 e. The van der Waals surface area contributed by atoms with E-state index in [2.05, 4.69) is 10.6 Å². The second-order valence-electron chi connectivity index (χ2n) is 7.44. The van der Waals surface area contributed by atoms with Gasteiger partial charge in [-0.1, -0.05) is 11.6 Å². The molecule has 160 valence electrons. The van der Waals surface area contributed by atoms with Crippen LogP contribution in [0.15, 0.2) is 18.2 Å². The summed E-state index contributed by atoms with van der Waals surface area (Å²) in [7, 11) is 3.62. The Morgan fingerprint density at radius 1 is 1.31 bits per heavy atom. The third kappa shape index (κ3) is 7.55. The Morgan fingerprint density at radius 2 is 2.07 bits per heavy atom. The zero-order valence-corrected chi connectivity index (χ0v) is 17.9. The number of fused-ring (bicyclic) bond motifs is 1. The molecular weight excluding hydrogens is 396 g/mol. The molecule has 2 N–H and O–H groups in total. The summed E-state index contributed by atoms with van der Waals surface area (Å²) in [5, 5.41) is 6.14. The number of rotatable bonds is 2. The van der Waals surface area contributed by atoms with Crippen LogP contribution in [0.2, 0.25) is 5.02 Å². The van der Waals surface area contributed by atoms with Gasteiger partial charge in [0.05, 0.1) is 24.7 Å². The van der Waals surface area contributed by atoms with Crippen molar-refractivity contribution in [3.05, 3.63) is 28.8 Å². The zero-order chi connectivity index (χ0) is 21.4. The van der Waals surface area contributed by atoms with E-state index in [0.29, 0.717) is 42.3 Å². The van der Waals surface area contributed by atoms with E-state index in [1.54, 1.807) is 34.9 Å². The van der Waals surface area contributed by atoms with Crippen molar-refractivity contribution in [3.63, 3.8) is 0 Å². The molecule has 0 unspecified atom stereocenters. The molecule has 0 bridgehead atoms. The van der Waals surface area contributed by atoms with Gasteiger partial charge in [0.1, 0.15) is 12.4 Å². The molecule has 1 aromatic carbocycles. The number of nitrogens with one attached hydrogen (secondary N) is 2. The first-order valence-corrected chi connectivity index (χ1v) is 10.1. The van der Waals surface area contributed by atoms with Gasteiger partial charge in [0.15, 0.2) is 0 Å². The van der Waals surface area contributed by atoms with E-state index in [9.17, 15) is 14.4 Å². The summed E-state index contributed by atoms with van der Waals surface area (Å²) in [6.45, 7) is 3.11. The minimum absolute atomic E-state index is 0.00440. The fraction of sp³-hybridized carbons (Fsp3) is 0.550. The van der Waals surface area contributed by atoms with Gasteiger partial charge in [-0.25, -0.2) is 0 Å². The van der Waals surface area contributed by atoms with Crippen molar-refractivity contribution in [2.45, 2.75) is 25.8 Å². The number of benzene rings is 1. The minimum Gasteiger partial charge on any atom is -0.491 e. The molecule has 1 atom stereocenters. The average Bonchev–Trinajstić information content (AvgIpc) is 2.64. The first kappa shape index (κ1) is 23.0. The van der Waals surface area contributed by atoms with Crippen LogP contribution in [-0.4, -0.2) is 80.4 Å². The molecule has 2 rings (SSSR count). The maximum Gasteiger partial charge on any atom is 0.255 e. The van der Waals surface area contributed by atoms with Crippen molar-refractivity contribution < 1.29 is 19.1 Å². The van der Waals surface area contributed by atoms with Crippen LogP contribution < -0.4 is 15.4 Å². The van der Waals surface area contributed by atoms with Gasteiger partial charge in [0.2, 0.25) is 11.8 Å². The fourth-order valence-corrected chi connectivity index (χ4v) is 3.12. The SMILES string of the molecule is C[C@@H]1COc2ccc(Cl)cc2C(=O)NCCCCN(C(=O)CN(C)C)CC(=O)N1. The molecule has 1 aliphatic rings. The molecule has 0 aliphatic carbocycles. The highest BCUT2D eigenvalue weighted by Crippen LogP contribution is 2.23. The molecule has 9 heteroatoms. The second-order valence-corrected chi connectivity index (χ2v) is 7.87. The molecule has 1 heterocycles. The highest BCUT2D eigenvalue weighted by molar-refractivity contribution is 6.31. The van der Waals surface area contributed by atoms with E-state index in [4.69, 9.17) is 16.3 Å². The molecule has 8 nitrogen and oxygen atoms in total. The van der Waals surface area contributed by atoms with Crippen LogP contribution in [0.4, 0.5) is 0 Å². The van der Waals surface area contributed by atoms with Gasteiger partial charge < -0.3 is 25.2 Å². The summed E-state index contributed by atoms with van der Waals surface area (Å²) in [5.41, 5.74) is 0.355. The van der Waals surface area contributed by atoms with Crippen LogP contribution in [-0.2, 0) is 9.59 Å². The maximum atomic E-state index is 12.5. The van der Waals surface area contributed by atoms with Gasteiger partial charge in [-0.05, 0) is 52.1 Å². The average molecular weight is 425 g/mol. The Balaban J connectivity index is 2.13. The molecule has 0 fully saturated rings. The molecule has 1 aromatic rings. The number of carbonyl (C=O) groups excluding carboxylic acids is 3. The van der Waals surface area contributed by atoms with Crippen molar-refractivity contribution >= 4 is 29.3 Å². The molecule has 0 spiro atoms. The largest absolute Gasteiger partial charge is 0.491 e. The molecule has 0 saturated carbocycles. The van der Waals surface area contributed by atoms with Crippen molar-refractivity contribution in [1.82, 2.24) is 20.4 Å². The normalized spacial score (nSPS) is 19.3. The number of halogens is 1. The molecule has 1 aliphatic heterocycles. The van der Waals surface area contributed by atoms with Crippen LogP contribution in [0, 0.1) is 0 Å². The number of ether oxygens (including phenoxy) is 1. The quantitative estimate of drug-likeness (QED) is 0.742. The summed E-state index contributed by atoms with van der Waals surface area (Å²) in [4.78, 5) is 40.7. The van der Waals surface area contributed by atoms with Crippen molar-refractivity contribution in [1.29, 1.82) is 0 Å². The van der Waals surface area contributed by atoms with Crippen molar-refractivity contribution in [2.75, 3.05) is 46.9 Å². The Morgan fingerprint density at radius 3 is 2.79 bits per heavy atom. The van der Waals surface area contributed by atoms with E-state index in [0.717, 1.165) is 0 Å². The molecule has 0 aromatic heterocycles. The number of nitrogens with zero attached hydrogens (tertiary/aromatic N) is 2. The zero-order valence-electron chi connectivity index (χ0n) is 17.2. The monoisotopic (exact) mass is 424 g/mol. The van der Waals surface area contributed by atoms with E-state index < -0.39 is 0 Å². The van der Waals surface area contributed by atoms with Crippen LogP contribution in [0.1, 0.15) is 30.1 Å². The highest BCUT2D eigenvalue weighted by Gasteiger charge is 2.20. The Hall–Kier alpha value is -2.32. The Bertz CT molecular complexity index is 741. The summed E-state index contributed by atoms with van der Waals surface area (Å²) in [6, 6.07) is 4.56. The fourth-order valence-electron chi connectivity index (χ4n) is 2.94. The van der Waals surface area contributed by atoms with Crippen LogP contribution in [0.3, 0.4) is 0 Å². The minimum atomic E-state index is -0.301. The predicted molar refractivity (Wildman–Crippen MR) is 111 cm³/mol. The maximum absolute atomic E-state index is 12.5. The first-order valence-electron chi connectivity index (χ1n) is 9.68. The van der Waals surface area contributed by atoms with Crippen LogP contribution >= 0.6 is 11.6 Å².